The van der Waals surface area contributed by atoms with E-state index in [9.17, 15) is 4.79 Å². The lowest BCUT2D eigenvalue weighted by atomic mass is 10.1. The van der Waals surface area contributed by atoms with Gasteiger partial charge in [-0.1, -0.05) is 30.0 Å². The van der Waals surface area contributed by atoms with Crippen LogP contribution in [-0.4, -0.2) is 25.7 Å². The van der Waals surface area contributed by atoms with E-state index in [1.807, 2.05) is 60.1 Å². The molecule has 0 spiro atoms. The average molecular weight is 389 g/mol. The predicted molar refractivity (Wildman–Crippen MR) is 111 cm³/mol. The van der Waals surface area contributed by atoms with Gasteiger partial charge in [-0.2, -0.15) is 0 Å². The SMILES string of the molecule is CC(Sc1nncn1C)c1cccc(NC(=O)c2ccc3cnccc3c2)c1. The minimum atomic E-state index is -0.135. The fourth-order valence-corrected chi connectivity index (χ4v) is 3.81. The highest BCUT2D eigenvalue weighted by molar-refractivity contribution is 7.99. The lowest BCUT2D eigenvalue weighted by Crippen LogP contribution is -2.12. The van der Waals surface area contributed by atoms with E-state index < -0.39 is 0 Å². The second kappa shape index (κ2) is 7.82. The Morgan fingerprint density at radius 1 is 1.14 bits per heavy atom. The third-order valence-electron chi connectivity index (χ3n) is 4.47. The molecule has 1 amide bonds. The second-order valence-corrected chi connectivity index (χ2v) is 7.81. The van der Waals surface area contributed by atoms with Crippen LogP contribution < -0.4 is 5.32 Å². The van der Waals surface area contributed by atoms with Crippen molar-refractivity contribution in [3.63, 3.8) is 0 Å². The van der Waals surface area contributed by atoms with Crippen LogP contribution in [0.15, 0.2) is 72.4 Å². The molecule has 0 bridgehead atoms. The number of carbonyl (C=O) groups excluding carboxylic acids is 1. The van der Waals surface area contributed by atoms with E-state index in [-0.39, 0.29) is 11.2 Å². The van der Waals surface area contributed by atoms with Gasteiger partial charge in [0.1, 0.15) is 6.33 Å². The number of hydrogen-bond acceptors (Lipinski definition) is 5. The lowest BCUT2D eigenvalue weighted by molar-refractivity contribution is 0.102. The molecule has 6 nitrogen and oxygen atoms in total. The molecule has 1 N–H and O–H groups in total. The summed E-state index contributed by atoms with van der Waals surface area (Å²) in [5, 5.41) is 14.1. The van der Waals surface area contributed by atoms with E-state index >= 15 is 0 Å². The van der Waals surface area contributed by atoms with Crippen molar-refractivity contribution < 1.29 is 4.79 Å². The normalized spacial score (nSPS) is 12.1. The molecule has 0 aliphatic carbocycles. The van der Waals surface area contributed by atoms with E-state index in [2.05, 4.69) is 27.4 Å². The van der Waals surface area contributed by atoms with Crippen LogP contribution in [0.5, 0.6) is 0 Å². The highest BCUT2D eigenvalue weighted by Crippen LogP contribution is 2.34. The van der Waals surface area contributed by atoms with E-state index in [0.29, 0.717) is 5.56 Å². The van der Waals surface area contributed by atoms with Crippen molar-refractivity contribution in [3.05, 3.63) is 78.4 Å². The van der Waals surface area contributed by atoms with E-state index in [1.54, 1.807) is 30.5 Å². The summed E-state index contributed by atoms with van der Waals surface area (Å²) in [4.78, 5) is 16.8. The van der Waals surface area contributed by atoms with Crippen molar-refractivity contribution in [2.45, 2.75) is 17.3 Å². The van der Waals surface area contributed by atoms with Crippen LogP contribution in [-0.2, 0) is 7.05 Å². The summed E-state index contributed by atoms with van der Waals surface area (Å²) in [6.45, 7) is 2.11. The Balaban J connectivity index is 1.50. The molecule has 0 saturated heterocycles. The summed E-state index contributed by atoms with van der Waals surface area (Å²) in [6.07, 6.45) is 5.20. The Hall–Kier alpha value is -3.19. The Kier molecular flexibility index (Phi) is 5.08. The van der Waals surface area contributed by atoms with Gasteiger partial charge in [0.25, 0.3) is 5.91 Å². The molecule has 0 aliphatic heterocycles. The van der Waals surface area contributed by atoms with Gasteiger partial charge in [0.15, 0.2) is 5.16 Å². The first kappa shape index (κ1) is 18.2. The van der Waals surface area contributed by atoms with Gasteiger partial charge >= 0.3 is 0 Å². The number of amides is 1. The second-order valence-electron chi connectivity index (χ2n) is 6.50. The summed E-state index contributed by atoms with van der Waals surface area (Å²) in [5.74, 6) is -0.135. The van der Waals surface area contributed by atoms with E-state index in [0.717, 1.165) is 27.2 Å². The van der Waals surface area contributed by atoms with Crippen molar-refractivity contribution in [3.8, 4) is 0 Å². The third-order valence-corrected chi connectivity index (χ3v) is 5.67. The number of anilines is 1. The standard InChI is InChI=1S/C21H19N5OS/c1-14(28-21-25-23-13-26(21)2)15-4-3-5-19(11-15)24-20(27)17-6-7-18-12-22-9-8-16(18)10-17/h3-14H,1-2H3,(H,24,27). The Morgan fingerprint density at radius 2 is 2.04 bits per heavy atom. The molecule has 2 aromatic heterocycles. The van der Waals surface area contributed by atoms with Crippen molar-refractivity contribution in [2.75, 3.05) is 5.32 Å². The average Bonchev–Trinajstić information content (AvgIpc) is 3.12. The van der Waals surface area contributed by atoms with Gasteiger partial charge < -0.3 is 9.88 Å². The monoisotopic (exact) mass is 389 g/mol. The van der Waals surface area contributed by atoms with Gasteiger partial charge in [0.05, 0.1) is 0 Å². The molecular weight excluding hydrogens is 370 g/mol. The van der Waals surface area contributed by atoms with Crippen molar-refractivity contribution in [2.24, 2.45) is 7.05 Å². The molecule has 2 aromatic carbocycles. The number of aromatic nitrogens is 4. The quantitative estimate of drug-likeness (QED) is 0.510. The predicted octanol–water partition coefficient (Wildman–Crippen LogP) is 4.47. The van der Waals surface area contributed by atoms with Gasteiger partial charge in [-0.3, -0.25) is 9.78 Å². The fraction of sp³-hybridized carbons (Fsp3) is 0.143. The van der Waals surface area contributed by atoms with Crippen molar-refractivity contribution >= 4 is 34.1 Å². The molecule has 4 aromatic rings. The van der Waals surface area contributed by atoms with Gasteiger partial charge in [-0.25, -0.2) is 0 Å². The maximum atomic E-state index is 12.7. The summed E-state index contributed by atoms with van der Waals surface area (Å²) in [7, 11) is 1.92. The number of hydrogen-bond donors (Lipinski definition) is 1. The number of nitrogens with zero attached hydrogens (tertiary/aromatic N) is 4. The number of fused-ring (bicyclic) bond motifs is 1. The lowest BCUT2D eigenvalue weighted by Gasteiger charge is -2.13. The minimum Gasteiger partial charge on any atom is -0.322 e. The molecule has 140 valence electrons. The fourth-order valence-electron chi connectivity index (χ4n) is 2.90. The Labute approximate surface area is 167 Å². The molecule has 0 saturated carbocycles. The van der Waals surface area contributed by atoms with E-state index in [4.69, 9.17) is 0 Å². The van der Waals surface area contributed by atoms with Gasteiger partial charge in [0, 0.05) is 41.3 Å². The molecule has 1 unspecified atom stereocenters. The van der Waals surface area contributed by atoms with Crippen molar-refractivity contribution in [1.82, 2.24) is 19.7 Å². The number of thioether (sulfide) groups is 1. The largest absolute Gasteiger partial charge is 0.322 e. The molecular formula is C21H19N5OS. The Morgan fingerprint density at radius 3 is 2.86 bits per heavy atom. The number of nitrogens with one attached hydrogen (secondary N) is 1. The first-order valence-corrected chi connectivity index (χ1v) is 9.74. The van der Waals surface area contributed by atoms with Crippen LogP contribution in [0.25, 0.3) is 10.8 Å². The summed E-state index contributed by atoms with van der Waals surface area (Å²) in [6, 6.07) is 15.4. The molecule has 0 radical (unpaired) electrons. The maximum absolute atomic E-state index is 12.7. The van der Waals surface area contributed by atoms with Crippen LogP contribution >= 0.6 is 11.8 Å². The number of carbonyl (C=O) groups is 1. The topological polar surface area (TPSA) is 72.7 Å². The summed E-state index contributed by atoms with van der Waals surface area (Å²) in [5.41, 5.74) is 2.49. The highest BCUT2D eigenvalue weighted by Gasteiger charge is 2.13. The minimum absolute atomic E-state index is 0.135. The molecule has 1 atom stereocenters. The first-order valence-electron chi connectivity index (χ1n) is 8.86. The van der Waals surface area contributed by atoms with Crippen LogP contribution in [0, 0.1) is 0 Å². The number of rotatable bonds is 5. The van der Waals surface area contributed by atoms with Gasteiger partial charge in [-0.05, 0) is 48.2 Å². The molecule has 0 fully saturated rings. The highest BCUT2D eigenvalue weighted by atomic mass is 32.2. The van der Waals surface area contributed by atoms with Crippen LogP contribution in [0.1, 0.15) is 28.1 Å². The van der Waals surface area contributed by atoms with Gasteiger partial charge in [0.2, 0.25) is 0 Å². The summed E-state index contributed by atoms with van der Waals surface area (Å²) >= 11 is 1.63. The van der Waals surface area contributed by atoms with E-state index in [1.165, 1.54) is 0 Å². The third kappa shape index (κ3) is 3.89. The van der Waals surface area contributed by atoms with Crippen LogP contribution in [0.3, 0.4) is 0 Å². The number of aryl methyl sites for hydroxylation is 1. The van der Waals surface area contributed by atoms with Crippen molar-refractivity contribution in [1.29, 1.82) is 0 Å². The van der Waals surface area contributed by atoms with Gasteiger partial charge in [-0.15, -0.1) is 10.2 Å². The maximum Gasteiger partial charge on any atom is 0.255 e. The molecule has 0 aliphatic rings. The van der Waals surface area contributed by atoms with Crippen LogP contribution in [0.4, 0.5) is 5.69 Å². The van der Waals surface area contributed by atoms with Crippen LogP contribution in [0.2, 0.25) is 0 Å². The Bertz CT molecular complexity index is 1140. The zero-order chi connectivity index (χ0) is 19.5. The summed E-state index contributed by atoms with van der Waals surface area (Å²) < 4.78 is 1.89. The number of pyridine rings is 1. The first-order chi connectivity index (χ1) is 13.6. The zero-order valence-electron chi connectivity index (χ0n) is 15.5. The molecule has 4 rings (SSSR count). The smallest absolute Gasteiger partial charge is 0.255 e. The zero-order valence-corrected chi connectivity index (χ0v) is 16.4. The number of benzene rings is 2. The molecule has 28 heavy (non-hydrogen) atoms. The molecule has 2 heterocycles. The molecule has 7 heteroatoms.